The first-order chi connectivity index (χ1) is 10.3. The van der Waals surface area contributed by atoms with E-state index in [4.69, 9.17) is 6.42 Å². The van der Waals surface area contributed by atoms with Gasteiger partial charge in [0.1, 0.15) is 11.4 Å². The number of hydrogen-bond donors (Lipinski definition) is 1. The van der Waals surface area contributed by atoms with E-state index in [1.807, 2.05) is 0 Å². The predicted octanol–water partition coefficient (Wildman–Crippen LogP) is 2.76. The van der Waals surface area contributed by atoms with Crippen molar-refractivity contribution in [2.75, 3.05) is 6.54 Å². The van der Waals surface area contributed by atoms with Crippen LogP contribution in [0.15, 0.2) is 42.1 Å². The number of amides is 1. The Bertz CT molecular complexity index is 631. The minimum atomic E-state index is -4.63. The number of carbonyl (C=O) groups excluding carboxylic acids is 1. The molecule has 1 aromatic rings. The van der Waals surface area contributed by atoms with E-state index in [-0.39, 0.29) is 13.0 Å². The van der Waals surface area contributed by atoms with Crippen LogP contribution < -0.4 is 5.32 Å². The highest BCUT2D eigenvalue weighted by molar-refractivity contribution is 5.90. The minimum Gasteiger partial charge on any atom is -0.355 e. The highest BCUT2D eigenvalue weighted by Gasteiger charge is 2.48. The Balaban J connectivity index is 2.60. The number of hydrogen-bond acceptors (Lipinski definition) is 2. The van der Waals surface area contributed by atoms with E-state index in [9.17, 15) is 18.0 Å². The molecular weight excluding hydrogens is 293 g/mol. The Morgan fingerprint density at radius 2 is 1.95 bits per heavy atom. The molecule has 6 heteroatoms. The van der Waals surface area contributed by atoms with Gasteiger partial charge < -0.3 is 10.2 Å². The number of benzene rings is 1. The van der Waals surface area contributed by atoms with Gasteiger partial charge in [0.05, 0.1) is 6.54 Å². The van der Waals surface area contributed by atoms with Crippen LogP contribution in [-0.2, 0) is 10.5 Å². The van der Waals surface area contributed by atoms with Crippen LogP contribution in [0.25, 0.3) is 0 Å². The van der Waals surface area contributed by atoms with Crippen molar-refractivity contribution >= 4 is 5.91 Å². The number of allylic oxidation sites excluding steroid dienone is 1. The lowest BCUT2D eigenvalue weighted by molar-refractivity contribution is -0.142. The molecule has 1 heterocycles. The summed E-state index contributed by atoms with van der Waals surface area (Å²) in [7, 11) is 0. The standard InChI is InChI=1S/C16H15F3N2O/c1-3-10-21-14(22)11-13(16(17,18)19)20-15(21,4-2)12-8-6-5-7-9-12/h1,5-9,11,20H,4,10H2,2H3. The molecule has 0 spiro atoms. The molecule has 0 radical (unpaired) electrons. The molecule has 1 unspecified atom stereocenters. The largest absolute Gasteiger partial charge is 0.431 e. The Hall–Kier alpha value is -2.42. The third-order valence-corrected chi connectivity index (χ3v) is 3.65. The lowest BCUT2D eigenvalue weighted by Crippen LogP contribution is -2.61. The number of halogens is 3. The van der Waals surface area contributed by atoms with Gasteiger partial charge in [-0.3, -0.25) is 4.79 Å². The van der Waals surface area contributed by atoms with Crippen molar-refractivity contribution in [2.45, 2.75) is 25.2 Å². The molecule has 2 rings (SSSR count). The van der Waals surface area contributed by atoms with Gasteiger partial charge in [-0.25, -0.2) is 0 Å². The van der Waals surface area contributed by atoms with Crippen LogP contribution in [0.3, 0.4) is 0 Å². The molecule has 0 saturated heterocycles. The van der Waals surface area contributed by atoms with E-state index in [0.717, 1.165) is 0 Å². The van der Waals surface area contributed by atoms with Gasteiger partial charge in [-0.15, -0.1) is 6.42 Å². The molecule has 0 aromatic heterocycles. The van der Waals surface area contributed by atoms with Gasteiger partial charge in [-0.2, -0.15) is 13.2 Å². The Morgan fingerprint density at radius 1 is 1.32 bits per heavy atom. The van der Waals surface area contributed by atoms with E-state index in [1.165, 1.54) is 4.90 Å². The molecule has 1 atom stereocenters. The van der Waals surface area contributed by atoms with Crippen LogP contribution in [0.2, 0.25) is 0 Å². The van der Waals surface area contributed by atoms with Crippen molar-refractivity contribution in [3.63, 3.8) is 0 Å². The van der Waals surface area contributed by atoms with Crippen molar-refractivity contribution < 1.29 is 18.0 Å². The Morgan fingerprint density at radius 3 is 2.45 bits per heavy atom. The van der Waals surface area contributed by atoms with Crippen LogP contribution in [0.4, 0.5) is 13.2 Å². The van der Waals surface area contributed by atoms with E-state index >= 15 is 0 Å². The fraction of sp³-hybridized carbons (Fsp3) is 0.312. The average Bonchev–Trinajstić information content (AvgIpc) is 2.49. The predicted molar refractivity (Wildman–Crippen MR) is 76.2 cm³/mol. The highest BCUT2D eigenvalue weighted by atomic mass is 19.4. The first-order valence-corrected chi connectivity index (χ1v) is 6.73. The van der Waals surface area contributed by atoms with Crippen LogP contribution in [0.5, 0.6) is 0 Å². The molecule has 3 nitrogen and oxygen atoms in total. The minimum absolute atomic E-state index is 0.0871. The van der Waals surface area contributed by atoms with Crippen molar-refractivity contribution in [1.82, 2.24) is 10.2 Å². The monoisotopic (exact) mass is 308 g/mol. The SMILES string of the molecule is C#CCN1C(=O)C=C(C(F)(F)F)NC1(CC)c1ccccc1. The number of nitrogens with one attached hydrogen (secondary N) is 1. The number of carbonyl (C=O) groups is 1. The van der Waals surface area contributed by atoms with Crippen molar-refractivity contribution in [1.29, 1.82) is 0 Å². The summed E-state index contributed by atoms with van der Waals surface area (Å²) in [5.41, 5.74) is -1.82. The fourth-order valence-corrected chi connectivity index (χ4v) is 2.60. The quantitative estimate of drug-likeness (QED) is 0.871. The Kier molecular flexibility index (Phi) is 4.18. The summed E-state index contributed by atoms with van der Waals surface area (Å²) < 4.78 is 39.2. The van der Waals surface area contributed by atoms with E-state index < -0.39 is 23.4 Å². The second-order valence-corrected chi connectivity index (χ2v) is 4.89. The molecular formula is C16H15F3N2O. The van der Waals surface area contributed by atoms with Crippen molar-refractivity contribution in [3.05, 3.63) is 47.7 Å². The molecule has 1 aliphatic heterocycles. The lowest BCUT2D eigenvalue weighted by Gasteiger charge is -2.47. The summed E-state index contributed by atoms with van der Waals surface area (Å²) in [5.74, 6) is 1.58. The number of nitrogens with zero attached hydrogens (tertiary/aromatic N) is 1. The molecule has 22 heavy (non-hydrogen) atoms. The fourth-order valence-electron chi connectivity index (χ4n) is 2.60. The van der Waals surface area contributed by atoms with Gasteiger partial charge in [-0.05, 0) is 12.0 Å². The topological polar surface area (TPSA) is 32.3 Å². The van der Waals surface area contributed by atoms with Crippen molar-refractivity contribution in [2.24, 2.45) is 0 Å². The molecule has 1 amide bonds. The van der Waals surface area contributed by atoms with Gasteiger partial charge >= 0.3 is 6.18 Å². The molecule has 0 bridgehead atoms. The summed E-state index contributed by atoms with van der Waals surface area (Å²) in [4.78, 5) is 13.5. The molecule has 0 aliphatic carbocycles. The second kappa shape index (κ2) is 5.76. The van der Waals surface area contributed by atoms with Crippen LogP contribution in [0.1, 0.15) is 18.9 Å². The zero-order valence-electron chi connectivity index (χ0n) is 11.9. The van der Waals surface area contributed by atoms with E-state index in [0.29, 0.717) is 11.6 Å². The third-order valence-electron chi connectivity index (χ3n) is 3.65. The lowest BCUT2D eigenvalue weighted by atomic mass is 9.91. The molecule has 0 fully saturated rings. The maximum Gasteiger partial charge on any atom is 0.431 e. The second-order valence-electron chi connectivity index (χ2n) is 4.89. The van der Waals surface area contributed by atoms with Crippen LogP contribution >= 0.6 is 0 Å². The number of alkyl halides is 3. The van der Waals surface area contributed by atoms with Gasteiger partial charge in [0.2, 0.25) is 0 Å². The third kappa shape index (κ3) is 2.67. The smallest absolute Gasteiger partial charge is 0.355 e. The van der Waals surface area contributed by atoms with Crippen LogP contribution in [0, 0.1) is 12.3 Å². The van der Waals surface area contributed by atoms with Gasteiger partial charge in [0, 0.05) is 6.08 Å². The number of rotatable bonds is 3. The maximum atomic E-state index is 13.1. The summed E-state index contributed by atoms with van der Waals surface area (Å²) in [6, 6.07) is 8.51. The van der Waals surface area contributed by atoms with Crippen LogP contribution in [-0.4, -0.2) is 23.5 Å². The summed E-state index contributed by atoms with van der Waals surface area (Å²) in [6.07, 6.45) is 1.43. The molecule has 1 N–H and O–H groups in total. The highest BCUT2D eigenvalue weighted by Crippen LogP contribution is 2.37. The zero-order chi connectivity index (χ0) is 16.4. The normalized spacial score (nSPS) is 21.9. The average molecular weight is 308 g/mol. The number of terminal acetylenes is 1. The van der Waals surface area contributed by atoms with E-state index in [1.54, 1.807) is 37.3 Å². The summed E-state index contributed by atoms with van der Waals surface area (Å²) >= 11 is 0. The Labute approximate surface area is 126 Å². The molecule has 1 aliphatic rings. The van der Waals surface area contributed by atoms with Gasteiger partial charge in [-0.1, -0.05) is 43.2 Å². The molecule has 116 valence electrons. The molecule has 1 aromatic carbocycles. The van der Waals surface area contributed by atoms with Gasteiger partial charge in [0.25, 0.3) is 5.91 Å². The van der Waals surface area contributed by atoms with Gasteiger partial charge in [0.15, 0.2) is 0 Å². The first-order valence-electron chi connectivity index (χ1n) is 6.73. The summed E-state index contributed by atoms with van der Waals surface area (Å²) in [6.45, 7) is 1.62. The summed E-state index contributed by atoms with van der Waals surface area (Å²) in [5, 5.41) is 2.48. The first kappa shape index (κ1) is 16.0. The zero-order valence-corrected chi connectivity index (χ0v) is 11.9. The van der Waals surface area contributed by atoms with E-state index in [2.05, 4.69) is 11.2 Å². The maximum absolute atomic E-state index is 13.1. The molecule has 0 saturated carbocycles. The van der Waals surface area contributed by atoms with Crippen molar-refractivity contribution in [3.8, 4) is 12.3 Å².